The van der Waals surface area contributed by atoms with Crippen LogP contribution in [-0.2, 0) is 9.53 Å². The zero-order chi connectivity index (χ0) is 14.2. The SMILES string of the molecule is CC1(C)OC(CN)CN(c2ccc(F)c(Cl)c2)C1=O. The maximum atomic E-state index is 13.2. The van der Waals surface area contributed by atoms with E-state index < -0.39 is 11.4 Å². The molecule has 2 rings (SSSR count). The predicted octanol–water partition coefficient (Wildman–Crippen LogP) is 1.95. The fourth-order valence-corrected chi connectivity index (χ4v) is 2.29. The highest BCUT2D eigenvalue weighted by Crippen LogP contribution is 2.29. The largest absolute Gasteiger partial charge is 0.359 e. The summed E-state index contributed by atoms with van der Waals surface area (Å²) in [5.74, 6) is -0.708. The third kappa shape index (κ3) is 2.73. The van der Waals surface area contributed by atoms with Crippen molar-refractivity contribution in [1.82, 2.24) is 0 Å². The highest BCUT2D eigenvalue weighted by Gasteiger charge is 2.41. The van der Waals surface area contributed by atoms with Crippen molar-refractivity contribution in [2.45, 2.75) is 25.6 Å². The van der Waals surface area contributed by atoms with Gasteiger partial charge in [0.25, 0.3) is 5.91 Å². The van der Waals surface area contributed by atoms with Crippen molar-refractivity contribution >= 4 is 23.2 Å². The first kappa shape index (κ1) is 14.2. The van der Waals surface area contributed by atoms with Gasteiger partial charge in [0.15, 0.2) is 0 Å². The average molecular weight is 287 g/mol. The minimum Gasteiger partial charge on any atom is -0.359 e. The van der Waals surface area contributed by atoms with Gasteiger partial charge in [0.05, 0.1) is 17.7 Å². The van der Waals surface area contributed by atoms with E-state index in [1.54, 1.807) is 13.8 Å². The van der Waals surface area contributed by atoms with Crippen molar-refractivity contribution in [3.05, 3.63) is 29.0 Å². The molecule has 0 saturated carbocycles. The molecule has 1 saturated heterocycles. The topological polar surface area (TPSA) is 55.6 Å². The number of carbonyl (C=O) groups excluding carboxylic acids is 1. The van der Waals surface area contributed by atoms with Crippen LogP contribution in [0, 0.1) is 5.82 Å². The molecule has 1 fully saturated rings. The maximum Gasteiger partial charge on any atom is 0.258 e. The lowest BCUT2D eigenvalue weighted by molar-refractivity contribution is -0.153. The van der Waals surface area contributed by atoms with E-state index in [1.807, 2.05) is 0 Å². The van der Waals surface area contributed by atoms with Crippen molar-refractivity contribution < 1.29 is 13.9 Å². The Hall–Kier alpha value is -1.17. The Kier molecular flexibility index (Phi) is 3.80. The summed E-state index contributed by atoms with van der Waals surface area (Å²) in [6, 6.07) is 4.20. The van der Waals surface area contributed by atoms with Crippen molar-refractivity contribution in [1.29, 1.82) is 0 Å². The predicted molar refractivity (Wildman–Crippen MR) is 71.8 cm³/mol. The number of nitrogens with two attached hydrogens (primary N) is 1. The van der Waals surface area contributed by atoms with Gasteiger partial charge in [0.2, 0.25) is 0 Å². The Morgan fingerprint density at radius 2 is 2.26 bits per heavy atom. The molecule has 2 N–H and O–H groups in total. The van der Waals surface area contributed by atoms with Gasteiger partial charge in [-0.2, -0.15) is 0 Å². The average Bonchev–Trinajstić information content (AvgIpc) is 2.36. The van der Waals surface area contributed by atoms with Crippen LogP contribution < -0.4 is 10.6 Å². The summed E-state index contributed by atoms with van der Waals surface area (Å²) in [7, 11) is 0. The Balaban J connectivity index is 2.35. The molecule has 0 spiro atoms. The summed E-state index contributed by atoms with van der Waals surface area (Å²) in [6.45, 7) is 4.02. The Bertz CT molecular complexity index is 507. The summed E-state index contributed by atoms with van der Waals surface area (Å²) in [5.41, 5.74) is 5.21. The molecule has 19 heavy (non-hydrogen) atoms. The number of nitrogens with zero attached hydrogens (tertiary/aromatic N) is 1. The van der Waals surface area contributed by atoms with E-state index in [0.29, 0.717) is 18.8 Å². The quantitative estimate of drug-likeness (QED) is 0.904. The maximum absolute atomic E-state index is 13.2. The molecular formula is C13H16ClFN2O2. The fraction of sp³-hybridized carbons (Fsp3) is 0.462. The number of ether oxygens (including phenoxy) is 1. The summed E-state index contributed by atoms with van der Waals surface area (Å²) in [6.07, 6.45) is -0.253. The zero-order valence-electron chi connectivity index (χ0n) is 10.8. The van der Waals surface area contributed by atoms with Gasteiger partial charge < -0.3 is 15.4 Å². The summed E-state index contributed by atoms with van der Waals surface area (Å²) in [5, 5.41) is -0.0149. The number of benzene rings is 1. The molecule has 0 aliphatic carbocycles. The molecule has 1 aliphatic heterocycles. The van der Waals surface area contributed by atoms with Gasteiger partial charge in [-0.3, -0.25) is 4.79 Å². The van der Waals surface area contributed by atoms with E-state index in [9.17, 15) is 9.18 Å². The summed E-state index contributed by atoms with van der Waals surface area (Å²) in [4.78, 5) is 13.9. The Morgan fingerprint density at radius 3 is 2.84 bits per heavy atom. The fourth-order valence-electron chi connectivity index (χ4n) is 2.11. The molecule has 4 nitrogen and oxygen atoms in total. The highest BCUT2D eigenvalue weighted by atomic mass is 35.5. The lowest BCUT2D eigenvalue weighted by Gasteiger charge is -2.41. The van der Waals surface area contributed by atoms with Gasteiger partial charge in [-0.05, 0) is 32.0 Å². The second-order valence-corrected chi connectivity index (χ2v) is 5.41. The van der Waals surface area contributed by atoms with E-state index in [2.05, 4.69) is 0 Å². The smallest absolute Gasteiger partial charge is 0.258 e. The minimum absolute atomic E-state index is 0.0149. The van der Waals surface area contributed by atoms with Crippen molar-refractivity contribution in [2.24, 2.45) is 5.73 Å². The standard InChI is InChI=1S/C13H16ClFN2O2/c1-13(2)12(18)17(7-9(6-16)19-13)8-3-4-11(15)10(14)5-8/h3-5,9H,6-7,16H2,1-2H3. The van der Waals surface area contributed by atoms with E-state index in [4.69, 9.17) is 22.1 Å². The minimum atomic E-state index is -0.955. The Morgan fingerprint density at radius 1 is 1.58 bits per heavy atom. The number of anilines is 1. The van der Waals surface area contributed by atoms with Crippen LogP contribution in [0.4, 0.5) is 10.1 Å². The van der Waals surface area contributed by atoms with Crippen molar-refractivity contribution in [3.8, 4) is 0 Å². The normalized spacial score (nSPS) is 22.7. The number of carbonyl (C=O) groups is 1. The van der Waals surface area contributed by atoms with E-state index in [1.165, 1.54) is 23.1 Å². The van der Waals surface area contributed by atoms with Crippen LogP contribution in [0.25, 0.3) is 0 Å². The molecule has 0 bridgehead atoms. The second kappa shape index (κ2) is 5.07. The van der Waals surface area contributed by atoms with E-state index in [-0.39, 0.29) is 17.0 Å². The van der Waals surface area contributed by atoms with Crippen LogP contribution in [0.1, 0.15) is 13.8 Å². The number of rotatable bonds is 2. The van der Waals surface area contributed by atoms with Gasteiger partial charge in [-0.25, -0.2) is 4.39 Å². The number of amides is 1. The molecular weight excluding hydrogens is 271 g/mol. The van der Waals surface area contributed by atoms with Crippen molar-refractivity contribution in [3.63, 3.8) is 0 Å². The van der Waals surface area contributed by atoms with Gasteiger partial charge in [-0.15, -0.1) is 0 Å². The first-order valence-corrected chi connectivity index (χ1v) is 6.38. The Labute approximate surface area is 116 Å². The van der Waals surface area contributed by atoms with Crippen LogP contribution in [-0.4, -0.2) is 30.7 Å². The molecule has 1 amide bonds. The first-order valence-electron chi connectivity index (χ1n) is 6.00. The van der Waals surface area contributed by atoms with Crippen LogP contribution in [0.15, 0.2) is 18.2 Å². The summed E-state index contributed by atoms with van der Waals surface area (Å²) < 4.78 is 18.8. The monoisotopic (exact) mass is 286 g/mol. The highest BCUT2D eigenvalue weighted by molar-refractivity contribution is 6.31. The second-order valence-electron chi connectivity index (χ2n) is 5.00. The van der Waals surface area contributed by atoms with Crippen LogP contribution in [0.2, 0.25) is 5.02 Å². The molecule has 1 aromatic carbocycles. The third-order valence-electron chi connectivity index (χ3n) is 3.09. The third-order valence-corrected chi connectivity index (χ3v) is 3.38. The van der Waals surface area contributed by atoms with Gasteiger partial charge in [0.1, 0.15) is 11.4 Å². The van der Waals surface area contributed by atoms with Gasteiger partial charge in [0, 0.05) is 12.2 Å². The molecule has 0 radical (unpaired) electrons. The molecule has 1 aromatic rings. The number of halogens is 2. The van der Waals surface area contributed by atoms with Crippen LogP contribution in [0.5, 0.6) is 0 Å². The van der Waals surface area contributed by atoms with E-state index >= 15 is 0 Å². The van der Waals surface area contributed by atoms with Crippen molar-refractivity contribution in [2.75, 3.05) is 18.0 Å². The molecule has 1 heterocycles. The van der Waals surface area contributed by atoms with Crippen LogP contribution >= 0.6 is 11.6 Å². The number of hydrogen-bond acceptors (Lipinski definition) is 3. The van der Waals surface area contributed by atoms with Gasteiger partial charge >= 0.3 is 0 Å². The molecule has 6 heteroatoms. The first-order chi connectivity index (χ1) is 8.85. The van der Waals surface area contributed by atoms with Crippen LogP contribution in [0.3, 0.4) is 0 Å². The molecule has 1 aliphatic rings. The molecule has 1 unspecified atom stereocenters. The number of morpholine rings is 1. The lowest BCUT2D eigenvalue weighted by Crippen LogP contribution is -2.59. The molecule has 0 aromatic heterocycles. The summed E-state index contributed by atoms with van der Waals surface area (Å²) >= 11 is 5.75. The lowest BCUT2D eigenvalue weighted by atomic mass is 10.0. The molecule has 1 atom stereocenters. The van der Waals surface area contributed by atoms with Gasteiger partial charge in [-0.1, -0.05) is 11.6 Å². The zero-order valence-corrected chi connectivity index (χ0v) is 11.6. The number of hydrogen-bond donors (Lipinski definition) is 1. The molecule has 104 valence electrons. The van der Waals surface area contributed by atoms with E-state index in [0.717, 1.165) is 0 Å².